The summed E-state index contributed by atoms with van der Waals surface area (Å²) in [6.45, 7) is 0. The van der Waals surface area contributed by atoms with Gasteiger partial charge in [-0.2, -0.15) is 5.26 Å². The number of hydrogen-bond donors (Lipinski definition) is 1. The van der Waals surface area contributed by atoms with E-state index in [9.17, 15) is 4.79 Å². The molecule has 1 aromatic carbocycles. The van der Waals surface area contributed by atoms with Gasteiger partial charge in [-0.15, -0.1) is 11.3 Å². The van der Waals surface area contributed by atoms with Crippen molar-refractivity contribution in [1.29, 1.82) is 5.26 Å². The number of thiazole rings is 1. The fourth-order valence-corrected chi connectivity index (χ4v) is 2.11. The van der Waals surface area contributed by atoms with E-state index in [2.05, 4.69) is 4.98 Å². The highest BCUT2D eigenvalue weighted by molar-refractivity contribution is 7.13. The van der Waals surface area contributed by atoms with Crippen LogP contribution in [-0.4, -0.2) is 16.1 Å². The molecule has 0 radical (unpaired) electrons. The van der Waals surface area contributed by atoms with E-state index in [1.807, 2.05) is 6.07 Å². The Kier molecular flexibility index (Phi) is 2.66. The second-order valence-corrected chi connectivity index (χ2v) is 3.88. The smallest absolute Gasteiger partial charge is 0.356 e. The summed E-state index contributed by atoms with van der Waals surface area (Å²) in [4.78, 5) is 15.2. The molecule has 0 bridgehead atoms. The molecule has 78 valence electrons. The van der Waals surface area contributed by atoms with Crippen LogP contribution < -0.4 is 0 Å². The molecule has 16 heavy (non-hydrogen) atoms. The standard InChI is InChI=1S/C11H6N2O2S/c12-5-7-2-1-3-8(4-7)10-9(11(14)15)13-6-16-10/h1-4,6H,(H,14,15). The van der Waals surface area contributed by atoms with Crippen LogP contribution in [-0.2, 0) is 0 Å². The molecule has 0 unspecified atom stereocenters. The van der Waals surface area contributed by atoms with Gasteiger partial charge in [0.25, 0.3) is 0 Å². The third-order valence-corrected chi connectivity index (χ3v) is 2.90. The maximum atomic E-state index is 10.9. The molecule has 5 heteroatoms. The molecule has 0 spiro atoms. The van der Waals surface area contributed by atoms with Crippen LogP contribution in [0, 0.1) is 11.3 Å². The SMILES string of the molecule is N#Cc1cccc(-c2scnc2C(=O)O)c1. The molecule has 0 atom stereocenters. The number of carbonyl (C=O) groups is 1. The highest BCUT2D eigenvalue weighted by atomic mass is 32.1. The van der Waals surface area contributed by atoms with Crippen LogP contribution in [0.2, 0.25) is 0 Å². The molecule has 0 aliphatic heterocycles. The maximum Gasteiger partial charge on any atom is 0.356 e. The molecule has 0 saturated carbocycles. The lowest BCUT2D eigenvalue weighted by Crippen LogP contribution is -1.98. The first-order valence-corrected chi connectivity index (χ1v) is 5.27. The summed E-state index contributed by atoms with van der Waals surface area (Å²) in [5.41, 5.74) is 2.72. The van der Waals surface area contributed by atoms with Crippen LogP contribution in [0.25, 0.3) is 10.4 Å². The quantitative estimate of drug-likeness (QED) is 0.859. The van der Waals surface area contributed by atoms with Gasteiger partial charge in [0.15, 0.2) is 5.69 Å². The van der Waals surface area contributed by atoms with E-state index in [0.29, 0.717) is 16.0 Å². The fourth-order valence-electron chi connectivity index (χ4n) is 1.33. The Bertz CT molecular complexity index is 584. The molecule has 0 aliphatic carbocycles. The molecule has 0 aliphatic rings. The van der Waals surface area contributed by atoms with Gasteiger partial charge in [0, 0.05) is 0 Å². The molecule has 0 fully saturated rings. The van der Waals surface area contributed by atoms with E-state index in [1.54, 1.807) is 24.3 Å². The molecular formula is C11H6N2O2S. The van der Waals surface area contributed by atoms with Crippen molar-refractivity contribution >= 4 is 17.3 Å². The summed E-state index contributed by atoms with van der Waals surface area (Å²) in [6, 6.07) is 8.83. The summed E-state index contributed by atoms with van der Waals surface area (Å²) in [7, 11) is 0. The molecular weight excluding hydrogens is 224 g/mol. The lowest BCUT2D eigenvalue weighted by atomic mass is 10.1. The molecule has 2 rings (SSSR count). The number of hydrogen-bond acceptors (Lipinski definition) is 4. The van der Waals surface area contributed by atoms with Crippen molar-refractivity contribution in [1.82, 2.24) is 4.98 Å². The summed E-state index contributed by atoms with van der Waals surface area (Å²) >= 11 is 1.25. The fraction of sp³-hybridized carbons (Fsp3) is 0. The maximum absolute atomic E-state index is 10.9. The van der Waals surface area contributed by atoms with Crippen LogP contribution in [0.4, 0.5) is 0 Å². The number of nitriles is 1. The van der Waals surface area contributed by atoms with E-state index in [1.165, 1.54) is 16.8 Å². The third kappa shape index (κ3) is 1.78. The first-order valence-electron chi connectivity index (χ1n) is 4.39. The summed E-state index contributed by atoms with van der Waals surface area (Å²) < 4.78 is 0. The van der Waals surface area contributed by atoms with Crippen molar-refractivity contribution < 1.29 is 9.90 Å². The Morgan fingerprint density at radius 1 is 1.50 bits per heavy atom. The summed E-state index contributed by atoms with van der Waals surface area (Å²) in [5.74, 6) is -1.06. The number of aromatic nitrogens is 1. The summed E-state index contributed by atoms with van der Waals surface area (Å²) in [6.07, 6.45) is 0. The zero-order chi connectivity index (χ0) is 11.5. The largest absolute Gasteiger partial charge is 0.476 e. The number of rotatable bonds is 2. The van der Waals surface area contributed by atoms with E-state index < -0.39 is 5.97 Å². The van der Waals surface area contributed by atoms with Crippen LogP contribution >= 0.6 is 11.3 Å². The zero-order valence-corrected chi connectivity index (χ0v) is 8.86. The Morgan fingerprint density at radius 3 is 3.00 bits per heavy atom. The van der Waals surface area contributed by atoms with Crippen LogP contribution in [0.15, 0.2) is 29.8 Å². The van der Waals surface area contributed by atoms with E-state index in [0.717, 1.165) is 0 Å². The summed E-state index contributed by atoms with van der Waals surface area (Å²) in [5, 5.41) is 17.7. The minimum Gasteiger partial charge on any atom is -0.476 e. The Balaban J connectivity index is 2.55. The van der Waals surface area contributed by atoms with Gasteiger partial charge in [0.2, 0.25) is 0 Å². The van der Waals surface area contributed by atoms with Crippen LogP contribution in [0.3, 0.4) is 0 Å². The van der Waals surface area contributed by atoms with Crippen molar-refractivity contribution in [2.75, 3.05) is 0 Å². The van der Waals surface area contributed by atoms with Crippen molar-refractivity contribution in [2.45, 2.75) is 0 Å². The van der Waals surface area contributed by atoms with Gasteiger partial charge >= 0.3 is 5.97 Å². The van der Waals surface area contributed by atoms with Crippen molar-refractivity contribution in [3.8, 4) is 16.5 Å². The molecule has 1 heterocycles. The van der Waals surface area contributed by atoms with Gasteiger partial charge in [-0.25, -0.2) is 9.78 Å². The lowest BCUT2D eigenvalue weighted by molar-refractivity contribution is 0.0692. The van der Waals surface area contributed by atoms with Gasteiger partial charge in [0.05, 0.1) is 22.0 Å². The van der Waals surface area contributed by atoms with E-state index in [-0.39, 0.29) is 5.69 Å². The highest BCUT2D eigenvalue weighted by Gasteiger charge is 2.15. The number of nitrogens with zero attached hydrogens (tertiary/aromatic N) is 2. The third-order valence-electron chi connectivity index (χ3n) is 2.02. The molecule has 2 aromatic rings. The number of carboxylic acids is 1. The average molecular weight is 230 g/mol. The van der Waals surface area contributed by atoms with Gasteiger partial charge in [-0.1, -0.05) is 12.1 Å². The second-order valence-electron chi connectivity index (χ2n) is 3.03. The predicted molar refractivity (Wildman–Crippen MR) is 59.2 cm³/mol. The first kappa shape index (κ1) is 10.3. The topological polar surface area (TPSA) is 74.0 Å². The van der Waals surface area contributed by atoms with Crippen molar-refractivity contribution in [2.24, 2.45) is 0 Å². The van der Waals surface area contributed by atoms with Crippen molar-refractivity contribution in [3.63, 3.8) is 0 Å². The van der Waals surface area contributed by atoms with Crippen LogP contribution in [0.5, 0.6) is 0 Å². The number of benzene rings is 1. The Morgan fingerprint density at radius 2 is 2.31 bits per heavy atom. The Hall–Kier alpha value is -2.19. The molecule has 0 saturated heterocycles. The zero-order valence-electron chi connectivity index (χ0n) is 8.04. The molecule has 1 N–H and O–H groups in total. The minimum atomic E-state index is -1.06. The minimum absolute atomic E-state index is 0.0279. The first-order chi connectivity index (χ1) is 7.72. The molecule has 1 aromatic heterocycles. The molecule has 0 amide bonds. The van der Waals surface area contributed by atoms with Gasteiger partial charge in [-0.3, -0.25) is 0 Å². The number of carboxylic acid groups (broad SMARTS) is 1. The number of aromatic carboxylic acids is 1. The second kappa shape index (κ2) is 4.13. The average Bonchev–Trinajstić information content (AvgIpc) is 2.78. The monoisotopic (exact) mass is 230 g/mol. The highest BCUT2D eigenvalue weighted by Crippen LogP contribution is 2.28. The molecule has 4 nitrogen and oxygen atoms in total. The lowest BCUT2D eigenvalue weighted by Gasteiger charge is -1.99. The Labute approximate surface area is 95.4 Å². The van der Waals surface area contributed by atoms with E-state index >= 15 is 0 Å². The van der Waals surface area contributed by atoms with Crippen molar-refractivity contribution in [3.05, 3.63) is 41.0 Å². The van der Waals surface area contributed by atoms with Gasteiger partial charge in [-0.05, 0) is 17.7 Å². The predicted octanol–water partition coefficient (Wildman–Crippen LogP) is 2.38. The van der Waals surface area contributed by atoms with Gasteiger partial charge in [0.1, 0.15) is 0 Å². The van der Waals surface area contributed by atoms with E-state index in [4.69, 9.17) is 10.4 Å². The van der Waals surface area contributed by atoms with Crippen LogP contribution in [0.1, 0.15) is 16.1 Å². The normalized spacial score (nSPS) is 9.69. The van der Waals surface area contributed by atoms with Gasteiger partial charge < -0.3 is 5.11 Å².